The van der Waals surface area contributed by atoms with E-state index >= 15 is 0 Å². The summed E-state index contributed by atoms with van der Waals surface area (Å²) in [6.07, 6.45) is 12.3. The summed E-state index contributed by atoms with van der Waals surface area (Å²) < 4.78 is 0. The van der Waals surface area contributed by atoms with Gasteiger partial charge in [-0.3, -0.25) is 4.79 Å². The molecule has 0 aliphatic heterocycles. The maximum absolute atomic E-state index is 10.5. The van der Waals surface area contributed by atoms with Crippen LogP contribution in [0.2, 0.25) is 0 Å². The third-order valence-corrected chi connectivity index (χ3v) is 4.91. The molecule has 0 aromatic carbocycles. The van der Waals surface area contributed by atoms with Crippen molar-refractivity contribution in [1.29, 1.82) is 0 Å². The molecule has 25 heavy (non-hydrogen) atoms. The fraction of sp³-hybridized carbons (Fsp3) is 0.750. The molecule has 1 fully saturated rings. The van der Waals surface area contributed by atoms with Gasteiger partial charge in [-0.25, -0.2) is 0 Å². The molecule has 0 bridgehead atoms. The molecule has 4 N–H and O–H groups in total. The predicted octanol–water partition coefficient (Wildman–Crippen LogP) is 3.04. The molecular formula is C20H34O5. The summed E-state index contributed by atoms with van der Waals surface area (Å²) in [6.45, 7) is 2.12. The molecule has 1 rings (SSSR count). The van der Waals surface area contributed by atoms with Crippen LogP contribution < -0.4 is 0 Å². The number of aliphatic hydroxyl groups is 3. The molecule has 1 aliphatic rings. The molecule has 0 heterocycles. The summed E-state index contributed by atoms with van der Waals surface area (Å²) >= 11 is 0. The molecule has 0 aromatic heterocycles. The number of aliphatic carboxylic acids is 1. The Morgan fingerprint density at radius 2 is 1.92 bits per heavy atom. The molecule has 1 aliphatic carbocycles. The molecule has 5 nitrogen and oxygen atoms in total. The minimum absolute atomic E-state index is 0.0650. The van der Waals surface area contributed by atoms with Gasteiger partial charge in [0.15, 0.2) is 0 Å². The summed E-state index contributed by atoms with van der Waals surface area (Å²) in [6, 6.07) is 0. The lowest BCUT2D eigenvalue weighted by molar-refractivity contribution is -0.137. The summed E-state index contributed by atoms with van der Waals surface area (Å²) in [5, 5.41) is 39.0. The van der Waals surface area contributed by atoms with Gasteiger partial charge in [-0.2, -0.15) is 0 Å². The molecule has 144 valence electrons. The van der Waals surface area contributed by atoms with Crippen LogP contribution in [-0.2, 0) is 4.79 Å². The smallest absolute Gasteiger partial charge is 0.303 e. The van der Waals surface area contributed by atoms with Gasteiger partial charge < -0.3 is 20.4 Å². The van der Waals surface area contributed by atoms with E-state index in [0.29, 0.717) is 25.7 Å². The molecule has 0 radical (unpaired) electrons. The molecule has 0 unspecified atom stereocenters. The first kappa shape index (κ1) is 21.9. The fourth-order valence-corrected chi connectivity index (χ4v) is 3.41. The summed E-state index contributed by atoms with van der Waals surface area (Å²) in [4.78, 5) is 10.5. The third-order valence-electron chi connectivity index (χ3n) is 4.91. The van der Waals surface area contributed by atoms with Crippen LogP contribution in [0.4, 0.5) is 0 Å². The van der Waals surface area contributed by atoms with Gasteiger partial charge in [0.25, 0.3) is 0 Å². The molecule has 0 spiro atoms. The van der Waals surface area contributed by atoms with Crippen molar-refractivity contribution in [2.24, 2.45) is 11.8 Å². The van der Waals surface area contributed by atoms with Crippen LogP contribution in [0.5, 0.6) is 0 Å². The second-order valence-corrected chi connectivity index (χ2v) is 7.05. The summed E-state index contributed by atoms with van der Waals surface area (Å²) in [5.41, 5.74) is 0. The highest BCUT2D eigenvalue weighted by atomic mass is 16.4. The van der Waals surface area contributed by atoms with Crippen molar-refractivity contribution in [3.63, 3.8) is 0 Å². The Labute approximate surface area is 151 Å². The summed E-state index contributed by atoms with van der Waals surface area (Å²) in [5.74, 6) is -1.00. The minimum atomic E-state index is -0.787. The number of aliphatic hydroxyl groups excluding tert-OH is 3. The number of unbranched alkanes of at least 4 members (excludes halogenated alkanes) is 3. The lowest BCUT2D eigenvalue weighted by Crippen LogP contribution is -2.20. The van der Waals surface area contributed by atoms with Gasteiger partial charge >= 0.3 is 5.97 Å². The van der Waals surface area contributed by atoms with E-state index in [1.54, 1.807) is 6.08 Å². The van der Waals surface area contributed by atoms with E-state index in [0.717, 1.165) is 25.7 Å². The van der Waals surface area contributed by atoms with Crippen LogP contribution in [0.3, 0.4) is 0 Å². The number of rotatable bonds is 12. The Morgan fingerprint density at radius 1 is 1.16 bits per heavy atom. The standard InChI is InChI=1S/C20H34O5/c1-2-3-6-9-15(21)12-13-17-16(18(22)14-19(17)23)10-7-4-5-8-11-20(24)25/h4,7,12-13,15-19,21-23H,2-3,5-6,8-11,14H2,1H3,(H,24,25)/b7-4+,13-12?/t15-,16+,17+,18+,19+/m0/s1. The van der Waals surface area contributed by atoms with Crippen molar-refractivity contribution in [2.75, 3.05) is 0 Å². The Kier molecular flexibility index (Phi) is 10.7. The number of carbonyl (C=O) groups is 1. The van der Waals surface area contributed by atoms with Crippen LogP contribution in [0.1, 0.15) is 64.7 Å². The molecule has 0 aromatic rings. The van der Waals surface area contributed by atoms with Crippen LogP contribution >= 0.6 is 0 Å². The Hall–Kier alpha value is -1.17. The minimum Gasteiger partial charge on any atom is -0.481 e. The van der Waals surface area contributed by atoms with Crippen LogP contribution in [0.15, 0.2) is 24.3 Å². The zero-order valence-electron chi connectivity index (χ0n) is 15.3. The zero-order valence-corrected chi connectivity index (χ0v) is 15.3. The second kappa shape index (κ2) is 12.2. The van der Waals surface area contributed by atoms with E-state index in [4.69, 9.17) is 5.11 Å². The highest BCUT2D eigenvalue weighted by Crippen LogP contribution is 2.36. The monoisotopic (exact) mass is 354 g/mol. The number of allylic oxidation sites excluding steroid dienone is 2. The first-order chi connectivity index (χ1) is 12.0. The van der Waals surface area contributed by atoms with E-state index in [9.17, 15) is 20.1 Å². The van der Waals surface area contributed by atoms with Gasteiger partial charge in [0.2, 0.25) is 0 Å². The number of hydrogen-bond acceptors (Lipinski definition) is 4. The number of carboxylic acid groups (broad SMARTS) is 1. The van der Waals surface area contributed by atoms with Crippen molar-refractivity contribution < 1.29 is 25.2 Å². The van der Waals surface area contributed by atoms with Crippen molar-refractivity contribution in [3.8, 4) is 0 Å². The fourth-order valence-electron chi connectivity index (χ4n) is 3.41. The van der Waals surface area contributed by atoms with Crippen molar-refractivity contribution >= 4 is 5.97 Å². The van der Waals surface area contributed by atoms with Crippen LogP contribution in [-0.4, -0.2) is 44.7 Å². The number of hydrogen-bond donors (Lipinski definition) is 4. The Morgan fingerprint density at radius 3 is 2.60 bits per heavy atom. The molecule has 5 heteroatoms. The Balaban J connectivity index is 2.46. The van der Waals surface area contributed by atoms with E-state index in [1.807, 2.05) is 18.2 Å². The van der Waals surface area contributed by atoms with E-state index in [1.165, 1.54) is 0 Å². The van der Waals surface area contributed by atoms with Gasteiger partial charge in [-0.05, 0) is 31.6 Å². The van der Waals surface area contributed by atoms with Crippen molar-refractivity contribution in [3.05, 3.63) is 24.3 Å². The topological polar surface area (TPSA) is 98.0 Å². The lowest BCUT2D eigenvalue weighted by Gasteiger charge is -2.19. The molecule has 0 amide bonds. The van der Waals surface area contributed by atoms with Crippen molar-refractivity contribution in [1.82, 2.24) is 0 Å². The van der Waals surface area contributed by atoms with Gasteiger partial charge in [0.1, 0.15) is 0 Å². The van der Waals surface area contributed by atoms with Gasteiger partial charge in [-0.1, -0.05) is 50.5 Å². The molecule has 1 saturated carbocycles. The maximum Gasteiger partial charge on any atom is 0.303 e. The quantitative estimate of drug-likeness (QED) is 0.319. The van der Waals surface area contributed by atoms with Crippen molar-refractivity contribution in [2.45, 2.75) is 83.0 Å². The Bertz CT molecular complexity index is 432. The lowest BCUT2D eigenvalue weighted by atomic mass is 9.89. The van der Waals surface area contributed by atoms with Crippen LogP contribution in [0, 0.1) is 11.8 Å². The first-order valence-corrected chi connectivity index (χ1v) is 9.55. The molecular weight excluding hydrogens is 320 g/mol. The first-order valence-electron chi connectivity index (χ1n) is 9.55. The normalized spacial score (nSPS) is 28.2. The SMILES string of the molecule is CCCCC[C@H](O)C=C[C@@H]1[C@@H](C/C=C/CCCC(=O)O)[C@H](O)C[C@H]1O. The predicted molar refractivity (Wildman–Crippen MR) is 98.1 cm³/mol. The van der Waals surface area contributed by atoms with Crippen LogP contribution in [0.25, 0.3) is 0 Å². The van der Waals surface area contributed by atoms with Gasteiger partial charge in [0, 0.05) is 18.8 Å². The zero-order chi connectivity index (χ0) is 18.7. The second-order valence-electron chi connectivity index (χ2n) is 7.05. The van der Waals surface area contributed by atoms with E-state index in [2.05, 4.69) is 6.92 Å². The maximum atomic E-state index is 10.5. The third kappa shape index (κ3) is 8.66. The van der Waals surface area contributed by atoms with Gasteiger partial charge in [-0.15, -0.1) is 0 Å². The number of carboxylic acids is 1. The largest absolute Gasteiger partial charge is 0.481 e. The van der Waals surface area contributed by atoms with Gasteiger partial charge in [0.05, 0.1) is 18.3 Å². The van der Waals surface area contributed by atoms with E-state index < -0.39 is 24.3 Å². The van der Waals surface area contributed by atoms with E-state index in [-0.39, 0.29) is 18.3 Å². The molecule has 5 atom stereocenters. The highest BCUT2D eigenvalue weighted by Gasteiger charge is 2.39. The summed E-state index contributed by atoms with van der Waals surface area (Å²) in [7, 11) is 0. The average Bonchev–Trinajstić information content (AvgIpc) is 2.82. The molecule has 0 saturated heterocycles. The highest BCUT2D eigenvalue weighted by molar-refractivity contribution is 5.66. The average molecular weight is 354 g/mol.